The maximum Gasteiger partial charge on any atom is 0.493 e. The quantitative estimate of drug-likeness (QED) is 0.820. The average Bonchev–Trinajstić information content (AvgIpc) is 2.17. The number of rotatable bonds is 4. The van der Waals surface area contributed by atoms with Crippen molar-refractivity contribution in [2.75, 3.05) is 0 Å². The molecule has 88 valence electrons. The van der Waals surface area contributed by atoms with Crippen LogP contribution in [-0.2, 0) is 4.65 Å². The van der Waals surface area contributed by atoms with Crippen LogP contribution in [0.5, 0.6) is 0 Å². The van der Waals surface area contributed by atoms with Gasteiger partial charge in [0, 0.05) is 10.5 Å². The lowest BCUT2D eigenvalue weighted by Crippen LogP contribution is -2.44. The van der Waals surface area contributed by atoms with E-state index in [1.807, 2.05) is 26.0 Å². The zero-order valence-electron chi connectivity index (χ0n) is 10.2. The zero-order chi connectivity index (χ0) is 12.3. The minimum atomic E-state index is -0.980. The highest BCUT2D eigenvalue weighted by molar-refractivity contribution is 6.63. The van der Waals surface area contributed by atoms with Crippen molar-refractivity contribution in [1.29, 1.82) is 0 Å². The Morgan fingerprint density at radius 2 is 1.88 bits per heavy atom. The van der Waals surface area contributed by atoms with Crippen molar-refractivity contribution >= 4 is 24.2 Å². The molecule has 0 radical (unpaired) electrons. The molecule has 0 spiro atoms. The van der Waals surface area contributed by atoms with E-state index in [4.69, 9.17) is 16.3 Å². The predicted octanol–water partition coefficient (Wildman–Crippen LogP) is 2.48. The highest BCUT2D eigenvalue weighted by atomic mass is 35.5. The van der Waals surface area contributed by atoms with Crippen LogP contribution in [0.2, 0.25) is 5.02 Å². The number of hydrogen-bond donors (Lipinski definition) is 1. The molecule has 0 heterocycles. The summed E-state index contributed by atoms with van der Waals surface area (Å²) in [6.07, 6.45) is 0. The maximum atomic E-state index is 9.98. The second-order valence-electron chi connectivity index (χ2n) is 4.75. The molecule has 16 heavy (non-hydrogen) atoms. The van der Waals surface area contributed by atoms with E-state index in [2.05, 4.69) is 13.8 Å². The Morgan fingerprint density at radius 3 is 2.38 bits per heavy atom. The van der Waals surface area contributed by atoms with E-state index in [0.29, 0.717) is 16.4 Å². The van der Waals surface area contributed by atoms with E-state index in [1.54, 1.807) is 12.1 Å². The van der Waals surface area contributed by atoms with Gasteiger partial charge < -0.3 is 9.68 Å². The molecule has 1 aromatic rings. The van der Waals surface area contributed by atoms with Crippen molar-refractivity contribution in [3.8, 4) is 0 Å². The first kappa shape index (κ1) is 13.6. The molecule has 0 aliphatic heterocycles. The number of benzene rings is 1. The minimum absolute atomic E-state index is 0.310. The van der Waals surface area contributed by atoms with Crippen molar-refractivity contribution in [2.24, 2.45) is 5.92 Å². The van der Waals surface area contributed by atoms with E-state index in [0.717, 1.165) is 0 Å². The molecule has 0 amide bonds. The summed E-state index contributed by atoms with van der Waals surface area (Å²) >= 11 is 5.99. The van der Waals surface area contributed by atoms with Gasteiger partial charge in [-0.15, -0.1) is 0 Å². The molecule has 0 unspecified atom stereocenters. The van der Waals surface area contributed by atoms with Gasteiger partial charge in [0.1, 0.15) is 0 Å². The van der Waals surface area contributed by atoms with Crippen LogP contribution < -0.4 is 5.46 Å². The van der Waals surface area contributed by atoms with Crippen LogP contribution in [0, 0.1) is 5.92 Å². The van der Waals surface area contributed by atoms with Crippen molar-refractivity contribution in [2.45, 2.75) is 33.3 Å². The molecule has 0 aliphatic rings. The Morgan fingerprint density at radius 1 is 1.31 bits per heavy atom. The van der Waals surface area contributed by atoms with Gasteiger partial charge in [-0.1, -0.05) is 43.6 Å². The summed E-state index contributed by atoms with van der Waals surface area (Å²) in [5.41, 5.74) is 0.219. The standard InChI is InChI=1S/C12H18BClO2/c1-9(2)12(3,4)16-13(15)10-7-5-6-8-11(10)14/h5-9,15H,1-4H3. The van der Waals surface area contributed by atoms with Crippen LogP contribution >= 0.6 is 11.6 Å². The summed E-state index contributed by atoms with van der Waals surface area (Å²) in [5.74, 6) is 0.310. The minimum Gasteiger partial charge on any atom is -0.423 e. The second kappa shape index (κ2) is 5.22. The molecule has 0 saturated carbocycles. The largest absolute Gasteiger partial charge is 0.493 e. The lowest BCUT2D eigenvalue weighted by molar-refractivity contribution is 0.0424. The van der Waals surface area contributed by atoms with E-state index in [-0.39, 0.29) is 0 Å². The highest BCUT2D eigenvalue weighted by Crippen LogP contribution is 2.21. The maximum absolute atomic E-state index is 9.98. The van der Waals surface area contributed by atoms with Crippen LogP contribution in [0.4, 0.5) is 0 Å². The highest BCUT2D eigenvalue weighted by Gasteiger charge is 2.31. The van der Waals surface area contributed by atoms with Crippen molar-refractivity contribution in [3.63, 3.8) is 0 Å². The van der Waals surface area contributed by atoms with Crippen molar-refractivity contribution < 1.29 is 9.68 Å². The molecular formula is C12H18BClO2. The summed E-state index contributed by atoms with van der Waals surface area (Å²) in [6.45, 7) is 8.02. The Balaban J connectivity index is 2.81. The van der Waals surface area contributed by atoms with Crippen molar-refractivity contribution in [1.82, 2.24) is 0 Å². The molecule has 1 N–H and O–H groups in total. The van der Waals surface area contributed by atoms with E-state index in [9.17, 15) is 5.02 Å². The zero-order valence-corrected chi connectivity index (χ0v) is 11.0. The third kappa shape index (κ3) is 3.24. The molecule has 0 fully saturated rings. The molecule has 0 bridgehead atoms. The summed E-state index contributed by atoms with van der Waals surface area (Å²) in [4.78, 5) is 0. The molecular weight excluding hydrogens is 222 g/mol. The van der Waals surface area contributed by atoms with Gasteiger partial charge in [0.15, 0.2) is 0 Å². The fourth-order valence-corrected chi connectivity index (χ4v) is 1.39. The van der Waals surface area contributed by atoms with Crippen molar-refractivity contribution in [3.05, 3.63) is 29.3 Å². The first-order valence-electron chi connectivity index (χ1n) is 5.45. The van der Waals surface area contributed by atoms with Crippen LogP contribution in [-0.4, -0.2) is 17.7 Å². The third-order valence-electron chi connectivity index (χ3n) is 2.98. The second-order valence-corrected chi connectivity index (χ2v) is 5.16. The molecule has 0 saturated heterocycles. The van der Waals surface area contributed by atoms with E-state index in [1.165, 1.54) is 0 Å². The summed E-state index contributed by atoms with van der Waals surface area (Å²) < 4.78 is 5.64. The normalized spacial score (nSPS) is 11.9. The Labute approximate surface area is 103 Å². The summed E-state index contributed by atoms with van der Waals surface area (Å²) in [5, 5.41) is 10.5. The smallest absolute Gasteiger partial charge is 0.423 e. The van der Waals surface area contributed by atoms with Gasteiger partial charge in [0.25, 0.3) is 0 Å². The molecule has 1 rings (SSSR count). The van der Waals surface area contributed by atoms with Crippen LogP contribution in [0.25, 0.3) is 0 Å². The fraction of sp³-hybridized carbons (Fsp3) is 0.500. The topological polar surface area (TPSA) is 29.5 Å². The Hall–Kier alpha value is -0.505. The first-order chi connectivity index (χ1) is 7.34. The average molecular weight is 241 g/mol. The van der Waals surface area contributed by atoms with Gasteiger partial charge in [-0.25, -0.2) is 0 Å². The Kier molecular flexibility index (Phi) is 4.42. The summed E-state index contributed by atoms with van der Waals surface area (Å²) in [6, 6.07) is 7.16. The number of halogens is 1. The van der Waals surface area contributed by atoms with Gasteiger partial charge in [-0.2, -0.15) is 0 Å². The predicted molar refractivity (Wildman–Crippen MR) is 69.1 cm³/mol. The van der Waals surface area contributed by atoms with E-state index >= 15 is 0 Å². The molecule has 0 aliphatic carbocycles. The lowest BCUT2D eigenvalue weighted by Gasteiger charge is -2.31. The monoisotopic (exact) mass is 240 g/mol. The molecule has 0 atom stereocenters. The van der Waals surface area contributed by atoms with Gasteiger partial charge >= 0.3 is 7.12 Å². The fourth-order valence-electron chi connectivity index (χ4n) is 1.16. The molecule has 4 heteroatoms. The van der Waals surface area contributed by atoms with Gasteiger partial charge in [-0.05, 0) is 25.8 Å². The van der Waals surface area contributed by atoms with Crippen LogP contribution in [0.1, 0.15) is 27.7 Å². The molecule has 0 aromatic heterocycles. The van der Waals surface area contributed by atoms with Gasteiger partial charge in [-0.3, -0.25) is 0 Å². The van der Waals surface area contributed by atoms with Crippen LogP contribution in [0.3, 0.4) is 0 Å². The Bertz CT molecular complexity index is 353. The SMILES string of the molecule is CC(C)C(C)(C)OB(O)c1ccccc1Cl. The molecule has 2 nitrogen and oxygen atoms in total. The first-order valence-corrected chi connectivity index (χ1v) is 5.82. The van der Waals surface area contributed by atoms with E-state index < -0.39 is 12.7 Å². The third-order valence-corrected chi connectivity index (χ3v) is 3.32. The van der Waals surface area contributed by atoms with Gasteiger partial charge in [0.2, 0.25) is 0 Å². The molecule has 1 aromatic carbocycles. The lowest BCUT2D eigenvalue weighted by atomic mass is 9.77. The summed E-state index contributed by atoms with van der Waals surface area (Å²) in [7, 11) is -0.980. The van der Waals surface area contributed by atoms with Gasteiger partial charge in [0.05, 0.1) is 5.60 Å². The van der Waals surface area contributed by atoms with Crippen LogP contribution in [0.15, 0.2) is 24.3 Å². The number of hydrogen-bond acceptors (Lipinski definition) is 2.